The van der Waals surface area contributed by atoms with Crippen LogP contribution < -0.4 is 4.74 Å². The number of hydrogen-bond acceptors (Lipinski definition) is 3. The minimum Gasteiger partial charge on any atom is -0.423 e. The fraction of sp³-hybridized carbons (Fsp3) is 0. The molecular formula is C13H9ClN2O2. The number of benzene rings is 1. The highest BCUT2D eigenvalue weighted by molar-refractivity contribution is 6.28. The van der Waals surface area contributed by atoms with Crippen LogP contribution in [0.3, 0.4) is 0 Å². The van der Waals surface area contributed by atoms with E-state index in [1.54, 1.807) is 29.2 Å². The summed E-state index contributed by atoms with van der Waals surface area (Å²) in [6, 6.07) is 13.0. The highest BCUT2D eigenvalue weighted by Gasteiger charge is 2.05. The minimum atomic E-state index is 0.292. The normalized spacial score (nSPS) is 10.5. The van der Waals surface area contributed by atoms with Crippen molar-refractivity contribution in [2.75, 3.05) is 0 Å². The standard InChI is InChI=1S/C13H9ClN2O2/c14-12-6-7-13(18-12)17-11-8-15-16(9-11)10-4-2-1-3-5-10/h1-9H. The highest BCUT2D eigenvalue weighted by atomic mass is 35.5. The topological polar surface area (TPSA) is 40.2 Å². The molecule has 18 heavy (non-hydrogen) atoms. The van der Waals surface area contributed by atoms with Gasteiger partial charge in [-0.25, -0.2) is 4.68 Å². The van der Waals surface area contributed by atoms with Crippen LogP contribution in [0, 0.1) is 0 Å². The number of para-hydroxylation sites is 1. The van der Waals surface area contributed by atoms with Crippen LogP contribution >= 0.6 is 11.6 Å². The van der Waals surface area contributed by atoms with Gasteiger partial charge in [0.25, 0.3) is 5.95 Å². The van der Waals surface area contributed by atoms with Crippen molar-refractivity contribution >= 4 is 11.6 Å². The van der Waals surface area contributed by atoms with E-state index in [-0.39, 0.29) is 0 Å². The van der Waals surface area contributed by atoms with Crippen LogP contribution in [0.15, 0.2) is 59.3 Å². The second-order valence-corrected chi connectivity index (χ2v) is 3.99. The summed E-state index contributed by atoms with van der Waals surface area (Å²) in [5.74, 6) is 0.928. The van der Waals surface area contributed by atoms with Crippen molar-refractivity contribution in [2.45, 2.75) is 0 Å². The third-order valence-corrected chi connectivity index (χ3v) is 2.55. The molecule has 0 aliphatic carbocycles. The summed E-state index contributed by atoms with van der Waals surface area (Å²) in [5.41, 5.74) is 0.963. The van der Waals surface area contributed by atoms with Crippen LogP contribution in [-0.2, 0) is 0 Å². The van der Waals surface area contributed by atoms with E-state index in [2.05, 4.69) is 5.10 Å². The molecule has 0 aliphatic heterocycles. The van der Waals surface area contributed by atoms with E-state index < -0.39 is 0 Å². The number of halogens is 1. The number of aromatic nitrogens is 2. The van der Waals surface area contributed by atoms with Gasteiger partial charge in [0.15, 0.2) is 11.0 Å². The Balaban J connectivity index is 1.82. The molecule has 0 N–H and O–H groups in total. The minimum absolute atomic E-state index is 0.292. The summed E-state index contributed by atoms with van der Waals surface area (Å²) in [7, 11) is 0. The number of hydrogen-bond donors (Lipinski definition) is 0. The Morgan fingerprint density at radius 1 is 1.11 bits per heavy atom. The zero-order chi connectivity index (χ0) is 12.4. The van der Waals surface area contributed by atoms with Crippen molar-refractivity contribution in [1.82, 2.24) is 9.78 Å². The first kappa shape index (κ1) is 10.9. The van der Waals surface area contributed by atoms with Crippen LogP contribution in [0.5, 0.6) is 11.7 Å². The Kier molecular flexibility index (Phi) is 2.78. The van der Waals surface area contributed by atoms with Gasteiger partial charge in [-0.2, -0.15) is 5.10 Å². The van der Waals surface area contributed by atoms with Gasteiger partial charge in [-0.3, -0.25) is 0 Å². The molecular weight excluding hydrogens is 252 g/mol. The van der Waals surface area contributed by atoms with Crippen LogP contribution in [0.2, 0.25) is 5.22 Å². The van der Waals surface area contributed by atoms with E-state index in [0.717, 1.165) is 5.69 Å². The first-order valence-corrected chi connectivity index (χ1v) is 5.72. The zero-order valence-corrected chi connectivity index (χ0v) is 10.0. The summed E-state index contributed by atoms with van der Waals surface area (Å²) in [6.07, 6.45) is 3.38. The highest BCUT2D eigenvalue weighted by Crippen LogP contribution is 2.25. The average molecular weight is 261 g/mol. The third-order valence-electron chi connectivity index (χ3n) is 2.35. The van der Waals surface area contributed by atoms with Crippen LogP contribution in [0.25, 0.3) is 5.69 Å². The monoisotopic (exact) mass is 260 g/mol. The maximum atomic E-state index is 5.66. The molecule has 5 heteroatoms. The van der Waals surface area contributed by atoms with Crippen molar-refractivity contribution in [3.05, 3.63) is 60.1 Å². The Labute approximate surface area is 108 Å². The predicted molar refractivity (Wildman–Crippen MR) is 67.4 cm³/mol. The Hall–Kier alpha value is -2.20. The van der Waals surface area contributed by atoms with Gasteiger partial charge in [-0.1, -0.05) is 18.2 Å². The Bertz CT molecular complexity index is 646. The average Bonchev–Trinajstić information content (AvgIpc) is 3.01. The van der Waals surface area contributed by atoms with Crippen LogP contribution in [0.1, 0.15) is 0 Å². The molecule has 0 unspecified atom stereocenters. The van der Waals surface area contributed by atoms with Gasteiger partial charge in [0, 0.05) is 12.1 Å². The fourth-order valence-electron chi connectivity index (χ4n) is 1.55. The summed E-state index contributed by atoms with van der Waals surface area (Å²) in [4.78, 5) is 0. The summed E-state index contributed by atoms with van der Waals surface area (Å²) in [5, 5.41) is 4.50. The van der Waals surface area contributed by atoms with Gasteiger partial charge in [0.1, 0.15) is 0 Å². The Morgan fingerprint density at radius 3 is 2.67 bits per heavy atom. The van der Waals surface area contributed by atoms with E-state index in [1.807, 2.05) is 30.3 Å². The quantitative estimate of drug-likeness (QED) is 0.717. The number of rotatable bonds is 3. The van der Waals surface area contributed by atoms with Crippen molar-refractivity contribution in [3.63, 3.8) is 0 Å². The first-order chi connectivity index (χ1) is 8.81. The van der Waals surface area contributed by atoms with Crippen molar-refractivity contribution in [1.29, 1.82) is 0 Å². The lowest BCUT2D eigenvalue weighted by Crippen LogP contribution is -1.92. The van der Waals surface area contributed by atoms with E-state index in [1.165, 1.54) is 0 Å². The second kappa shape index (κ2) is 4.58. The van der Waals surface area contributed by atoms with Crippen LogP contribution in [-0.4, -0.2) is 9.78 Å². The molecule has 3 aromatic rings. The van der Waals surface area contributed by atoms with Gasteiger partial charge in [0.2, 0.25) is 0 Å². The molecule has 2 aromatic heterocycles. The summed E-state index contributed by atoms with van der Waals surface area (Å²) >= 11 is 5.66. The van der Waals surface area contributed by atoms with Crippen molar-refractivity contribution < 1.29 is 9.15 Å². The molecule has 0 radical (unpaired) electrons. The summed E-state index contributed by atoms with van der Waals surface area (Å²) in [6.45, 7) is 0. The number of nitrogens with zero attached hydrogens (tertiary/aromatic N) is 2. The molecule has 3 rings (SSSR count). The lowest BCUT2D eigenvalue weighted by Gasteiger charge is -1.99. The zero-order valence-electron chi connectivity index (χ0n) is 9.29. The van der Waals surface area contributed by atoms with Gasteiger partial charge < -0.3 is 9.15 Å². The fourth-order valence-corrected chi connectivity index (χ4v) is 1.69. The number of furan rings is 1. The first-order valence-electron chi connectivity index (χ1n) is 5.34. The van der Waals surface area contributed by atoms with E-state index >= 15 is 0 Å². The smallest absolute Gasteiger partial charge is 0.291 e. The molecule has 0 fully saturated rings. The molecule has 4 nitrogen and oxygen atoms in total. The van der Waals surface area contributed by atoms with Gasteiger partial charge in [-0.15, -0.1) is 0 Å². The van der Waals surface area contributed by atoms with Crippen LogP contribution in [0.4, 0.5) is 0 Å². The SMILES string of the molecule is Clc1ccc(Oc2cnn(-c3ccccc3)c2)o1. The third kappa shape index (κ3) is 2.24. The largest absolute Gasteiger partial charge is 0.423 e. The molecule has 0 saturated heterocycles. The molecule has 0 saturated carbocycles. The van der Waals surface area contributed by atoms with Crippen molar-refractivity contribution in [3.8, 4) is 17.4 Å². The maximum absolute atomic E-state index is 5.66. The molecule has 0 amide bonds. The summed E-state index contributed by atoms with van der Waals surface area (Å²) < 4.78 is 12.3. The second-order valence-electron chi connectivity index (χ2n) is 3.62. The van der Waals surface area contributed by atoms with Gasteiger partial charge in [-0.05, 0) is 23.7 Å². The Morgan fingerprint density at radius 2 is 1.94 bits per heavy atom. The molecule has 90 valence electrons. The van der Waals surface area contributed by atoms with E-state index in [0.29, 0.717) is 16.9 Å². The molecule has 0 aliphatic rings. The van der Waals surface area contributed by atoms with Crippen molar-refractivity contribution in [2.24, 2.45) is 0 Å². The van der Waals surface area contributed by atoms with Gasteiger partial charge in [0.05, 0.1) is 18.1 Å². The molecule has 1 aromatic carbocycles. The molecule has 0 spiro atoms. The van der Waals surface area contributed by atoms with Gasteiger partial charge >= 0.3 is 0 Å². The van der Waals surface area contributed by atoms with E-state index in [9.17, 15) is 0 Å². The lowest BCUT2D eigenvalue weighted by molar-refractivity contribution is 0.347. The van der Waals surface area contributed by atoms with E-state index in [4.69, 9.17) is 20.8 Å². The number of ether oxygens (including phenoxy) is 1. The molecule has 2 heterocycles. The molecule has 0 bridgehead atoms. The predicted octanol–water partition coefficient (Wildman–Crippen LogP) is 3.91. The molecule has 0 atom stereocenters. The lowest BCUT2D eigenvalue weighted by atomic mass is 10.3. The maximum Gasteiger partial charge on any atom is 0.291 e.